The summed E-state index contributed by atoms with van der Waals surface area (Å²) in [5.74, 6) is -0.522. The second kappa shape index (κ2) is 49.3. The van der Waals surface area contributed by atoms with Gasteiger partial charge in [0.15, 0.2) is 0 Å². The molecule has 3 atom stereocenters. The first-order chi connectivity index (χ1) is 32.9. The molecular formula is C58H115N2O7P. The molecule has 10 heteroatoms. The second-order valence-electron chi connectivity index (χ2n) is 21.5. The summed E-state index contributed by atoms with van der Waals surface area (Å²) >= 11 is 0. The number of esters is 1. The zero-order valence-electron chi connectivity index (χ0n) is 46.1. The number of amides is 1. The van der Waals surface area contributed by atoms with Gasteiger partial charge in [0.05, 0.1) is 33.8 Å². The van der Waals surface area contributed by atoms with Gasteiger partial charge in [0, 0.05) is 12.8 Å². The highest BCUT2D eigenvalue weighted by Gasteiger charge is 2.27. The standard InChI is InChI=1S/C58H115N2O7P/c1-7-10-13-16-19-22-25-28-30-32-35-38-41-44-47-50-57(61)59-55(54-66-68(63,64)65-53-52-60(4,5)6)56(49-46-43-40-37-34-31-27-24-21-18-15-12-9-3)67-58(62)51-48-45-42-39-36-33-29-26-23-20-17-14-11-8-2/h46,49,55-56H,7-45,47-48,50-54H2,1-6H3,(H-,59,61,63,64)/b49-46+. The van der Waals surface area contributed by atoms with Crippen LogP contribution in [-0.4, -0.2) is 69.4 Å². The minimum absolute atomic E-state index is 0.0169. The number of carbonyl (C=O) groups is 2. The molecule has 404 valence electrons. The first-order valence-electron chi connectivity index (χ1n) is 29.5. The van der Waals surface area contributed by atoms with Crippen LogP contribution in [-0.2, 0) is 27.9 Å². The lowest BCUT2D eigenvalue weighted by Crippen LogP contribution is -2.47. The fourth-order valence-electron chi connectivity index (χ4n) is 8.88. The van der Waals surface area contributed by atoms with Gasteiger partial charge in [-0.3, -0.25) is 14.2 Å². The number of allylic oxidation sites excluding steroid dienone is 1. The van der Waals surface area contributed by atoms with Crippen LogP contribution in [0.15, 0.2) is 12.2 Å². The molecule has 0 aliphatic carbocycles. The lowest BCUT2D eigenvalue weighted by Gasteiger charge is -2.30. The number of ether oxygens (including phenoxy) is 1. The van der Waals surface area contributed by atoms with Gasteiger partial charge in [0.25, 0.3) is 7.82 Å². The minimum Gasteiger partial charge on any atom is -0.756 e. The summed E-state index contributed by atoms with van der Waals surface area (Å²) in [4.78, 5) is 39.9. The molecule has 1 amide bonds. The normalized spacial score (nSPS) is 13.8. The summed E-state index contributed by atoms with van der Waals surface area (Å²) < 4.78 is 30.3. The number of phosphoric acid groups is 1. The minimum atomic E-state index is -4.68. The molecule has 0 bridgehead atoms. The Labute approximate surface area is 422 Å². The van der Waals surface area contributed by atoms with Crippen molar-refractivity contribution in [2.45, 2.75) is 309 Å². The second-order valence-corrected chi connectivity index (χ2v) is 22.9. The van der Waals surface area contributed by atoms with Crippen LogP contribution in [0.4, 0.5) is 0 Å². The number of rotatable bonds is 54. The van der Waals surface area contributed by atoms with E-state index in [1.807, 2.05) is 33.3 Å². The first-order valence-corrected chi connectivity index (χ1v) is 31.0. The van der Waals surface area contributed by atoms with Crippen molar-refractivity contribution in [1.29, 1.82) is 0 Å². The van der Waals surface area contributed by atoms with E-state index in [0.717, 1.165) is 57.8 Å². The van der Waals surface area contributed by atoms with Crippen LogP contribution < -0.4 is 10.2 Å². The van der Waals surface area contributed by atoms with Crippen LogP contribution in [0.3, 0.4) is 0 Å². The summed E-state index contributed by atoms with van der Waals surface area (Å²) in [5.41, 5.74) is 0. The lowest BCUT2D eigenvalue weighted by atomic mass is 10.0. The quantitative estimate of drug-likeness (QED) is 0.0212. The van der Waals surface area contributed by atoms with E-state index in [2.05, 4.69) is 26.1 Å². The Morgan fingerprint density at radius 3 is 1.21 bits per heavy atom. The maximum Gasteiger partial charge on any atom is 0.306 e. The number of phosphoric ester groups is 1. The van der Waals surface area contributed by atoms with Gasteiger partial charge in [-0.15, -0.1) is 0 Å². The molecule has 3 unspecified atom stereocenters. The van der Waals surface area contributed by atoms with Crippen molar-refractivity contribution in [3.63, 3.8) is 0 Å². The zero-order valence-corrected chi connectivity index (χ0v) is 47.0. The molecule has 0 aromatic heterocycles. The molecule has 0 aliphatic heterocycles. The number of carbonyl (C=O) groups excluding carboxylic acids is 2. The average Bonchev–Trinajstić information content (AvgIpc) is 3.29. The number of unbranched alkanes of at least 4 members (excludes halogenated alkanes) is 38. The van der Waals surface area contributed by atoms with Crippen LogP contribution in [0.1, 0.15) is 297 Å². The maximum atomic E-state index is 13.5. The summed E-state index contributed by atoms with van der Waals surface area (Å²) in [6.07, 6.45) is 54.5. The molecule has 1 N–H and O–H groups in total. The van der Waals surface area contributed by atoms with Gasteiger partial charge in [0.2, 0.25) is 5.91 Å². The van der Waals surface area contributed by atoms with E-state index in [0.29, 0.717) is 17.4 Å². The third-order valence-corrected chi connectivity index (χ3v) is 14.4. The Bertz CT molecular complexity index is 1180. The molecule has 0 radical (unpaired) electrons. The van der Waals surface area contributed by atoms with Crippen molar-refractivity contribution in [2.24, 2.45) is 0 Å². The third kappa shape index (κ3) is 49.7. The van der Waals surface area contributed by atoms with E-state index in [1.165, 1.54) is 205 Å². The highest BCUT2D eigenvalue weighted by molar-refractivity contribution is 7.45. The van der Waals surface area contributed by atoms with Gasteiger partial charge in [-0.05, 0) is 31.8 Å². The number of likely N-dealkylation sites (N-methyl/N-ethyl adjacent to an activating group) is 1. The summed E-state index contributed by atoms with van der Waals surface area (Å²) in [7, 11) is 1.20. The highest BCUT2D eigenvalue weighted by atomic mass is 31.2. The van der Waals surface area contributed by atoms with Crippen molar-refractivity contribution in [1.82, 2.24) is 5.32 Å². The van der Waals surface area contributed by atoms with Crippen LogP contribution >= 0.6 is 7.82 Å². The van der Waals surface area contributed by atoms with Crippen molar-refractivity contribution >= 4 is 19.7 Å². The van der Waals surface area contributed by atoms with E-state index in [4.69, 9.17) is 13.8 Å². The van der Waals surface area contributed by atoms with E-state index < -0.39 is 20.0 Å². The molecule has 0 saturated heterocycles. The van der Waals surface area contributed by atoms with E-state index in [9.17, 15) is 19.0 Å². The van der Waals surface area contributed by atoms with Gasteiger partial charge in [-0.1, -0.05) is 264 Å². The first kappa shape index (κ1) is 66.8. The van der Waals surface area contributed by atoms with E-state index in [1.54, 1.807) is 0 Å². The fourth-order valence-corrected chi connectivity index (χ4v) is 9.60. The Balaban J connectivity index is 5.32. The van der Waals surface area contributed by atoms with Crippen molar-refractivity contribution in [3.05, 3.63) is 12.2 Å². The molecule has 0 aromatic rings. The largest absolute Gasteiger partial charge is 0.756 e. The Kier molecular flexibility index (Phi) is 48.4. The Morgan fingerprint density at radius 2 is 0.838 bits per heavy atom. The smallest absolute Gasteiger partial charge is 0.306 e. The predicted octanol–water partition coefficient (Wildman–Crippen LogP) is 17.0. The van der Waals surface area contributed by atoms with Crippen molar-refractivity contribution in [3.8, 4) is 0 Å². The number of hydrogen-bond acceptors (Lipinski definition) is 7. The van der Waals surface area contributed by atoms with Crippen LogP contribution in [0, 0.1) is 0 Å². The molecule has 0 heterocycles. The molecule has 68 heavy (non-hydrogen) atoms. The summed E-state index contributed by atoms with van der Waals surface area (Å²) in [6.45, 7) is 6.88. The molecule has 0 spiro atoms. The van der Waals surface area contributed by atoms with E-state index >= 15 is 0 Å². The van der Waals surface area contributed by atoms with Crippen LogP contribution in [0.2, 0.25) is 0 Å². The van der Waals surface area contributed by atoms with Crippen LogP contribution in [0.5, 0.6) is 0 Å². The van der Waals surface area contributed by atoms with Crippen LogP contribution in [0.25, 0.3) is 0 Å². The molecule has 0 rings (SSSR count). The third-order valence-electron chi connectivity index (χ3n) is 13.5. The molecular weight excluding hydrogens is 868 g/mol. The topological polar surface area (TPSA) is 114 Å². The maximum absolute atomic E-state index is 13.5. The van der Waals surface area contributed by atoms with Crippen molar-refractivity contribution < 1.29 is 37.3 Å². The van der Waals surface area contributed by atoms with Gasteiger partial charge in [0.1, 0.15) is 19.3 Å². The Morgan fingerprint density at radius 1 is 0.500 bits per heavy atom. The lowest BCUT2D eigenvalue weighted by molar-refractivity contribution is -0.870. The zero-order chi connectivity index (χ0) is 50.1. The summed E-state index contributed by atoms with van der Waals surface area (Å²) in [6, 6.07) is -0.878. The van der Waals surface area contributed by atoms with E-state index in [-0.39, 0.29) is 31.5 Å². The van der Waals surface area contributed by atoms with Gasteiger partial charge < -0.3 is 28.5 Å². The molecule has 0 aromatic carbocycles. The fraction of sp³-hybridized carbons (Fsp3) is 0.931. The number of nitrogens with zero attached hydrogens (tertiary/aromatic N) is 1. The monoisotopic (exact) mass is 983 g/mol. The van der Waals surface area contributed by atoms with Gasteiger partial charge >= 0.3 is 5.97 Å². The number of hydrogen-bond donors (Lipinski definition) is 1. The summed E-state index contributed by atoms with van der Waals surface area (Å²) in [5, 5.41) is 3.03. The highest BCUT2D eigenvalue weighted by Crippen LogP contribution is 2.38. The number of quaternary nitrogens is 1. The Hall–Kier alpha value is -1.25. The molecule has 0 aliphatic rings. The SMILES string of the molecule is CCCCCCCCCCCCC/C=C/C(OC(=O)CCCCCCCCCCCCCCCC)C(COP(=O)([O-])OCC[N+](C)(C)C)NC(=O)CCCCCCCCCCCCCCCCC. The van der Waals surface area contributed by atoms with Crippen molar-refractivity contribution in [2.75, 3.05) is 40.9 Å². The molecule has 0 fully saturated rings. The molecule has 0 saturated carbocycles. The van der Waals surface area contributed by atoms with Gasteiger partial charge in [-0.25, -0.2) is 0 Å². The van der Waals surface area contributed by atoms with Gasteiger partial charge in [-0.2, -0.15) is 0 Å². The predicted molar refractivity (Wildman–Crippen MR) is 289 cm³/mol. The number of nitrogens with one attached hydrogen (secondary N) is 1. The average molecular weight is 984 g/mol. The molecule has 9 nitrogen and oxygen atoms in total.